The van der Waals surface area contributed by atoms with Gasteiger partial charge in [-0.1, -0.05) is 21.9 Å². The lowest BCUT2D eigenvalue weighted by molar-refractivity contribution is 0.414. The molecule has 0 spiro atoms. The fraction of sp³-hybridized carbons (Fsp3) is 0.333. The molecule has 0 bridgehead atoms. The molecule has 0 amide bonds. The minimum Gasteiger partial charge on any atom is -0.497 e. The van der Waals surface area contributed by atoms with Crippen LogP contribution in [0.3, 0.4) is 0 Å². The van der Waals surface area contributed by atoms with E-state index >= 15 is 0 Å². The summed E-state index contributed by atoms with van der Waals surface area (Å²) >= 11 is 3.50. The molecule has 0 aliphatic carbocycles. The highest BCUT2D eigenvalue weighted by Gasteiger charge is 2.00. The summed E-state index contributed by atoms with van der Waals surface area (Å²) in [5.41, 5.74) is 1.17. The number of rotatable bonds is 4. The molecule has 0 radical (unpaired) electrons. The average molecular weight is 268 g/mol. The molecule has 2 nitrogen and oxygen atoms in total. The molecule has 0 aliphatic rings. The summed E-state index contributed by atoms with van der Waals surface area (Å²) < 4.78 is 6.24. The fourth-order valence-electron chi connectivity index (χ4n) is 1.16. The third kappa shape index (κ3) is 3.94. The minimum absolute atomic E-state index is 0.708. The van der Waals surface area contributed by atoms with Gasteiger partial charge in [0.2, 0.25) is 0 Å². The molecule has 0 aromatic heterocycles. The van der Waals surface area contributed by atoms with E-state index in [4.69, 9.17) is 4.74 Å². The van der Waals surface area contributed by atoms with Gasteiger partial charge in [-0.15, -0.1) is 5.92 Å². The van der Waals surface area contributed by atoms with Gasteiger partial charge >= 0.3 is 0 Å². The molecule has 15 heavy (non-hydrogen) atoms. The zero-order chi connectivity index (χ0) is 11.1. The number of halogens is 1. The molecular formula is C12H14BrNO. The molecule has 80 valence electrons. The second kappa shape index (κ2) is 6.49. The SMILES string of the molecule is CC#CCNCc1cc(OC)ccc1Br. The second-order valence-electron chi connectivity index (χ2n) is 2.99. The average Bonchev–Trinajstić information content (AvgIpc) is 2.26. The van der Waals surface area contributed by atoms with Crippen molar-refractivity contribution in [2.75, 3.05) is 13.7 Å². The van der Waals surface area contributed by atoms with Crippen molar-refractivity contribution in [3.05, 3.63) is 28.2 Å². The highest BCUT2D eigenvalue weighted by molar-refractivity contribution is 9.10. The van der Waals surface area contributed by atoms with Crippen molar-refractivity contribution in [1.29, 1.82) is 0 Å². The fourth-order valence-corrected chi connectivity index (χ4v) is 1.55. The van der Waals surface area contributed by atoms with Gasteiger partial charge in [0.05, 0.1) is 13.7 Å². The van der Waals surface area contributed by atoms with Crippen LogP contribution in [-0.4, -0.2) is 13.7 Å². The summed E-state index contributed by atoms with van der Waals surface area (Å²) in [6.07, 6.45) is 0. The van der Waals surface area contributed by atoms with Crippen LogP contribution < -0.4 is 10.1 Å². The summed E-state index contributed by atoms with van der Waals surface area (Å²) in [4.78, 5) is 0. The summed E-state index contributed by atoms with van der Waals surface area (Å²) in [6.45, 7) is 3.33. The van der Waals surface area contributed by atoms with Crippen molar-refractivity contribution in [1.82, 2.24) is 5.32 Å². The van der Waals surface area contributed by atoms with Crippen LogP contribution in [0.2, 0.25) is 0 Å². The van der Waals surface area contributed by atoms with Gasteiger partial charge in [-0.3, -0.25) is 0 Å². The third-order valence-corrected chi connectivity index (χ3v) is 2.73. The lowest BCUT2D eigenvalue weighted by Crippen LogP contribution is -2.13. The molecule has 0 saturated carbocycles. The van der Waals surface area contributed by atoms with Crippen LogP contribution in [0.4, 0.5) is 0 Å². The lowest BCUT2D eigenvalue weighted by atomic mass is 10.2. The van der Waals surface area contributed by atoms with E-state index in [0.717, 1.165) is 16.8 Å². The zero-order valence-electron chi connectivity index (χ0n) is 8.93. The van der Waals surface area contributed by atoms with E-state index in [9.17, 15) is 0 Å². The number of hydrogen-bond acceptors (Lipinski definition) is 2. The van der Waals surface area contributed by atoms with E-state index in [1.165, 1.54) is 5.56 Å². The Morgan fingerprint density at radius 1 is 1.47 bits per heavy atom. The highest BCUT2D eigenvalue weighted by Crippen LogP contribution is 2.22. The number of methoxy groups -OCH3 is 1. The van der Waals surface area contributed by atoms with Crippen molar-refractivity contribution in [2.24, 2.45) is 0 Å². The van der Waals surface area contributed by atoms with E-state index in [2.05, 4.69) is 33.1 Å². The van der Waals surface area contributed by atoms with Crippen LogP contribution in [-0.2, 0) is 6.54 Å². The monoisotopic (exact) mass is 267 g/mol. The maximum Gasteiger partial charge on any atom is 0.119 e. The zero-order valence-corrected chi connectivity index (χ0v) is 10.5. The van der Waals surface area contributed by atoms with Crippen LogP contribution >= 0.6 is 15.9 Å². The standard InChI is InChI=1S/C12H14BrNO/c1-3-4-7-14-9-10-8-11(15-2)5-6-12(10)13/h5-6,8,14H,7,9H2,1-2H3. The Hall–Kier alpha value is -0.980. The van der Waals surface area contributed by atoms with E-state index in [0.29, 0.717) is 6.54 Å². The first-order chi connectivity index (χ1) is 7.27. The van der Waals surface area contributed by atoms with Gasteiger partial charge in [0, 0.05) is 11.0 Å². The van der Waals surface area contributed by atoms with Crippen LogP contribution in [0.25, 0.3) is 0 Å². The van der Waals surface area contributed by atoms with Crippen molar-refractivity contribution in [2.45, 2.75) is 13.5 Å². The van der Waals surface area contributed by atoms with E-state index in [1.54, 1.807) is 7.11 Å². The quantitative estimate of drug-likeness (QED) is 0.669. The second-order valence-corrected chi connectivity index (χ2v) is 3.84. The minimum atomic E-state index is 0.708. The van der Waals surface area contributed by atoms with E-state index in [-0.39, 0.29) is 0 Å². The molecule has 0 heterocycles. The van der Waals surface area contributed by atoms with Crippen molar-refractivity contribution < 1.29 is 4.74 Å². The summed E-state index contributed by atoms with van der Waals surface area (Å²) in [7, 11) is 1.67. The van der Waals surface area contributed by atoms with Crippen LogP contribution in [0.5, 0.6) is 5.75 Å². The van der Waals surface area contributed by atoms with Gasteiger partial charge in [-0.2, -0.15) is 0 Å². The van der Waals surface area contributed by atoms with Gasteiger partial charge in [0.15, 0.2) is 0 Å². The first-order valence-electron chi connectivity index (χ1n) is 4.70. The molecule has 3 heteroatoms. The lowest BCUT2D eigenvalue weighted by Gasteiger charge is -2.07. The van der Waals surface area contributed by atoms with Crippen molar-refractivity contribution >= 4 is 15.9 Å². The van der Waals surface area contributed by atoms with Crippen LogP contribution in [0.1, 0.15) is 12.5 Å². The maximum absolute atomic E-state index is 5.16. The molecule has 0 saturated heterocycles. The predicted octanol–water partition coefficient (Wildman–Crippen LogP) is 2.57. The largest absolute Gasteiger partial charge is 0.497 e. The number of hydrogen-bond donors (Lipinski definition) is 1. The summed E-state index contributed by atoms with van der Waals surface area (Å²) in [5.74, 6) is 6.67. The Balaban J connectivity index is 2.61. The maximum atomic E-state index is 5.16. The Kier molecular flexibility index (Phi) is 5.23. The Bertz CT molecular complexity index is 379. The van der Waals surface area contributed by atoms with Gasteiger partial charge in [-0.25, -0.2) is 0 Å². The summed E-state index contributed by atoms with van der Waals surface area (Å²) in [6, 6.07) is 5.93. The Labute approximate surface area is 99.2 Å². The smallest absolute Gasteiger partial charge is 0.119 e. The molecular weight excluding hydrogens is 254 g/mol. The topological polar surface area (TPSA) is 21.3 Å². The molecule has 1 N–H and O–H groups in total. The number of benzene rings is 1. The number of ether oxygens (including phenoxy) is 1. The molecule has 1 rings (SSSR count). The highest BCUT2D eigenvalue weighted by atomic mass is 79.9. The van der Waals surface area contributed by atoms with E-state index < -0.39 is 0 Å². The molecule has 0 aliphatic heterocycles. The summed E-state index contributed by atoms with van der Waals surface area (Å²) in [5, 5.41) is 3.24. The predicted molar refractivity (Wildman–Crippen MR) is 65.9 cm³/mol. The first kappa shape index (κ1) is 12.1. The molecule has 1 aromatic rings. The van der Waals surface area contributed by atoms with Crippen molar-refractivity contribution in [3.63, 3.8) is 0 Å². The third-order valence-electron chi connectivity index (χ3n) is 1.96. The Morgan fingerprint density at radius 3 is 2.93 bits per heavy atom. The normalized spacial score (nSPS) is 9.27. The van der Waals surface area contributed by atoms with Gasteiger partial charge in [0.25, 0.3) is 0 Å². The molecule has 0 atom stereocenters. The van der Waals surface area contributed by atoms with Gasteiger partial charge < -0.3 is 10.1 Å². The first-order valence-corrected chi connectivity index (χ1v) is 5.50. The van der Waals surface area contributed by atoms with Gasteiger partial charge in [-0.05, 0) is 30.7 Å². The van der Waals surface area contributed by atoms with Crippen molar-refractivity contribution in [3.8, 4) is 17.6 Å². The molecule has 1 aromatic carbocycles. The molecule has 0 unspecified atom stereocenters. The number of nitrogens with one attached hydrogen (secondary N) is 1. The van der Waals surface area contributed by atoms with Crippen LogP contribution in [0, 0.1) is 11.8 Å². The Morgan fingerprint density at radius 2 is 2.27 bits per heavy atom. The van der Waals surface area contributed by atoms with Crippen LogP contribution in [0.15, 0.2) is 22.7 Å². The van der Waals surface area contributed by atoms with Gasteiger partial charge in [0.1, 0.15) is 5.75 Å². The molecule has 0 fully saturated rings. The van der Waals surface area contributed by atoms with E-state index in [1.807, 2.05) is 25.1 Å².